The molecule has 1 saturated carbocycles. The Kier molecular flexibility index (Phi) is 21.4. The number of ether oxygens (including phenoxy) is 4. The lowest BCUT2D eigenvalue weighted by atomic mass is 9.83. The number of hydrogen-bond donors (Lipinski definition) is 3. The van der Waals surface area contributed by atoms with Crippen LogP contribution in [0.25, 0.3) is 5.69 Å². The fraction of sp³-hybridized carbons (Fsp3) is 0.590. The number of hydrogen-bond acceptors (Lipinski definition) is 9. The van der Waals surface area contributed by atoms with Gasteiger partial charge in [0, 0.05) is 35.9 Å². The number of nitrogens with zero attached hydrogens (tertiary/aromatic N) is 3. The second kappa shape index (κ2) is 25.5. The second-order valence-corrected chi connectivity index (χ2v) is 13.9. The minimum Gasteiger partial charge on any atom is -0.353 e. The lowest BCUT2D eigenvalue weighted by molar-refractivity contribution is -0.169. The number of nitrogens with one attached hydrogen (secondary N) is 1. The molecule has 3 heterocycles. The first-order valence-electron chi connectivity index (χ1n) is 18.2. The maximum absolute atomic E-state index is 5.70. The first-order chi connectivity index (χ1) is 24.5. The number of nitrogens with two attached hydrogens (primary N) is 2. The molecule has 11 heteroatoms. The van der Waals surface area contributed by atoms with Gasteiger partial charge in [0.1, 0.15) is 12.3 Å². The van der Waals surface area contributed by atoms with Crippen LogP contribution in [-0.4, -0.2) is 60.5 Å². The van der Waals surface area contributed by atoms with Crippen molar-refractivity contribution in [1.29, 1.82) is 0 Å². The van der Waals surface area contributed by atoms with E-state index in [-0.39, 0.29) is 12.6 Å². The molecule has 2 aliphatic heterocycles. The summed E-state index contributed by atoms with van der Waals surface area (Å²) in [5, 5.41) is 11.7. The number of terminal acetylenes is 1. The quantitative estimate of drug-likeness (QED) is 0.149. The van der Waals surface area contributed by atoms with Crippen LogP contribution in [0.3, 0.4) is 0 Å². The van der Waals surface area contributed by atoms with Gasteiger partial charge in [0.2, 0.25) is 0 Å². The van der Waals surface area contributed by atoms with E-state index >= 15 is 0 Å². The summed E-state index contributed by atoms with van der Waals surface area (Å²) < 4.78 is 24.7. The SMILES string of the molecule is C#CCOC1CCCCO1.CC[C@H]1CCCC[C@@H]1NC.NCc1ccc(-n2cc(COC3CCCCO3)nn2)cc1.NCc1ccc(I)cc1. The number of rotatable bonds is 10. The maximum atomic E-state index is 5.70. The topological polar surface area (TPSA) is 132 Å². The molecular weight excluding hydrogens is 743 g/mol. The maximum Gasteiger partial charge on any atom is 0.158 e. The van der Waals surface area contributed by atoms with E-state index < -0.39 is 0 Å². The zero-order chi connectivity index (χ0) is 35.8. The molecule has 0 spiro atoms. The Bertz CT molecular complexity index is 1310. The van der Waals surface area contributed by atoms with Gasteiger partial charge < -0.3 is 35.7 Å². The fourth-order valence-corrected chi connectivity index (χ4v) is 6.34. The molecule has 1 aromatic heterocycles. The van der Waals surface area contributed by atoms with Gasteiger partial charge in [-0.2, -0.15) is 0 Å². The van der Waals surface area contributed by atoms with Gasteiger partial charge in [-0.15, -0.1) is 11.5 Å². The van der Waals surface area contributed by atoms with Crippen molar-refractivity contribution in [2.24, 2.45) is 17.4 Å². The zero-order valence-corrected chi connectivity index (χ0v) is 32.3. The van der Waals surface area contributed by atoms with Crippen LogP contribution in [-0.2, 0) is 38.6 Å². The first kappa shape index (κ1) is 42.0. The Labute approximate surface area is 313 Å². The van der Waals surface area contributed by atoms with Crippen molar-refractivity contribution in [2.45, 2.75) is 116 Å². The highest BCUT2D eigenvalue weighted by Gasteiger charge is 2.21. The summed E-state index contributed by atoms with van der Waals surface area (Å²) in [5.41, 5.74) is 15.0. The van der Waals surface area contributed by atoms with E-state index in [1.54, 1.807) is 4.68 Å². The molecule has 50 heavy (non-hydrogen) atoms. The van der Waals surface area contributed by atoms with Gasteiger partial charge in [0.15, 0.2) is 12.6 Å². The highest BCUT2D eigenvalue weighted by Crippen LogP contribution is 2.26. The Morgan fingerprint density at radius 1 is 0.860 bits per heavy atom. The van der Waals surface area contributed by atoms with E-state index in [2.05, 4.69) is 70.2 Å². The van der Waals surface area contributed by atoms with Crippen molar-refractivity contribution in [2.75, 3.05) is 26.9 Å². The summed E-state index contributed by atoms with van der Waals surface area (Å²) in [7, 11) is 2.10. The summed E-state index contributed by atoms with van der Waals surface area (Å²) in [5.74, 6) is 3.37. The van der Waals surface area contributed by atoms with Crippen molar-refractivity contribution >= 4 is 22.6 Å². The lowest BCUT2D eigenvalue weighted by Gasteiger charge is -2.30. The van der Waals surface area contributed by atoms with Gasteiger partial charge in [0.05, 0.1) is 18.5 Å². The predicted octanol–water partition coefficient (Wildman–Crippen LogP) is 6.86. The summed E-state index contributed by atoms with van der Waals surface area (Å²) in [6.07, 6.45) is 20.4. The van der Waals surface area contributed by atoms with E-state index in [9.17, 15) is 0 Å². The van der Waals surface area contributed by atoms with Crippen molar-refractivity contribution in [3.63, 3.8) is 0 Å². The van der Waals surface area contributed by atoms with Crippen molar-refractivity contribution < 1.29 is 18.9 Å². The monoisotopic (exact) mass is 802 g/mol. The van der Waals surface area contributed by atoms with Gasteiger partial charge in [0.25, 0.3) is 0 Å². The van der Waals surface area contributed by atoms with Crippen LogP contribution in [0.2, 0.25) is 0 Å². The third-order valence-electron chi connectivity index (χ3n) is 8.98. The summed E-state index contributed by atoms with van der Waals surface area (Å²) in [4.78, 5) is 0. The molecule has 1 aliphatic carbocycles. The molecule has 2 saturated heterocycles. The van der Waals surface area contributed by atoms with E-state index in [0.717, 1.165) is 74.2 Å². The Hall–Kier alpha value is -2.41. The van der Waals surface area contributed by atoms with Crippen LogP contribution >= 0.6 is 22.6 Å². The molecule has 0 radical (unpaired) electrons. The van der Waals surface area contributed by atoms with Crippen molar-refractivity contribution in [3.05, 3.63) is 75.1 Å². The molecule has 276 valence electrons. The molecule has 4 atom stereocenters. The van der Waals surface area contributed by atoms with Gasteiger partial charge in [-0.1, -0.05) is 61.6 Å². The molecule has 3 fully saturated rings. The van der Waals surface area contributed by atoms with Crippen LogP contribution in [0, 0.1) is 21.8 Å². The average molecular weight is 803 g/mol. The predicted molar refractivity (Wildman–Crippen MR) is 208 cm³/mol. The van der Waals surface area contributed by atoms with Crippen LogP contribution in [0.1, 0.15) is 94.4 Å². The van der Waals surface area contributed by atoms with Gasteiger partial charge in [-0.05, 0) is 122 Å². The van der Waals surface area contributed by atoms with Gasteiger partial charge in [-0.25, -0.2) is 4.68 Å². The third-order valence-corrected chi connectivity index (χ3v) is 9.70. The van der Waals surface area contributed by atoms with Crippen LogP contribution in [0.15, 0.2) is 54.7 Å². The van der Waals surface area contributed by atoms with E-state index in [4.69, 9.17) is 36.8 Å². The molecule has 0 amide bonds. The molecular formula is C39H59IN6O4. The Balaban J connectivity index is 0.000000197. The van der Waals surface area contributed by atoms with Crippen LogP contribution in [0.5, 0.6) is 0 Å². The molecule has 2 unspecified atom stereocenters. The Morgan fingerprint density at radius 2 is 1.44 bits per heavy atom. The first-order valence-corrected chi connectivity index (χ1v) is 19.3. The third kappa shape index (κ3) is 16.3. The molecule has 10 nitrogen and oxygen atoms in total. The smallest absolute Gasteiger partial charge is 0.158 e. The van der Waals surface area contributed by atoms with Gasteiger partial charge in [-0.3, -0.25) is 0 Å². The fourth-order valence-electron chi connectivity index (χ4n) is 5.98. The molecule has 6 rings (SSSR count). The minimum atomic E-state index is -0.104. The average Bonchev–Trinajstić information content (AvgIpc) is 3.67. The van der Waals surface area contributed by atoms with E-state index in [1.807, 2.05) is 42.6 Å². The second-order valence-electron chi connectivity index (χ2n) is 12.6. The number of aromatic nitrogens is 3. The van der Waals surface area contributed by atoms with Crippen LogP contribution in [0.4, 0.5) is 0 Å². The van der Waals surface area contributed by atoms with Gasteiger partial charge >= 0.3 is 0 Å². The van der Waals surface area contributed by atoms with Crippen molar-refractivity contribution in [1.82, 2.24) is 20.3 Å². The van der Waals surface area contributed by atoms with E-state index in [1.165, 1.54) is 47.7 Å². The highest BCUT2D eigenvalue weighted by atomic mass is 127. The Morgan fingerprint density at radius 3 is 1.96 bits per heavy atom. The van der Waals surface area contributed by atoms with Crippen molar-refractivity contribution in [3.8, 4) is 18.0 Å². The molecule has 2 aromatic carbocycles. The standard InChI is InChI=1S/C15H20N4O2.C9H19N.C8H12O2.C7H8IN/c16-9-12-4-6-14(7-5-12)19-10-13(17-18-19)11-21-15-3-1-2-8-20-15;1-3-8-6-4-5-7-9(8)10-2;1-2-6-9-8-5-3-4-7-10-8;8-7-3-1-6(5-9)2-4-7/h4-7,10,15H,1-3,8-9,11,16H2;8-10H,3-7H2,1-2H3;1,8H,3-7H2;1-4H,5,9H2/t;8-,9-;;/m.0../s1. The molecule has 3 aliphatic rings. The largest absolute Gasteiger partial charge is 0.353 e. The summed E-state index contributed by atoms with van der Waals surface area (Å²) in [6, 6.07) is 17.0. The summed E-state index contributed by atoms with van der Waals surface area (Å²) in [6.45, 7) is 5.87. The molecule has 0 bridgehead atoms. The number of halogens is 1. The van der Waals surface area contributed by atoms with E-state index in [0.29, 0.717) is 26.3 Å². The highest BCUT2D eigenvalue weighted by molar-refractivity contribution is 14.1. The summed E-state index contributed by atoms with van der Waals surface area (Å²) >= 11 is 2.27. The molecule has 3 aromatic rings. The molecule has 5 N–H and O–H groups in total. The zero-order valence-electron chi connectivity index (χ0n) is 30.1. The minimum absolute atomic E-state index is 0.0372. The number of benzene rings is 2. The lowest BCUT2D eigenvalue weighted by Crippen LogP contribution is -2.35. The van der Waals surface area contributed by atoms with Crippen LogP contribution < -0.4 is 16.8 Å². The normalized spacial score (nSPS) is 21.6.